The molecule has 0 aromatic carbocycles. The summed E-state index contributed by atoms with van der Waals surface area (Å²) in [6.45, 7) is 6.46. The Kier molecular flexibility index (Phi) is 5.13. The van der Waals surface area contributed by atoms with Crippen molar-refractivity contribution in [1.82, 2.24) is 15.3 Å². The number of hydrogen-bond acceptors (Lipinski definition) is 6. The summed E-state index contributed by atoms with van der Waals surface area (Å²) < 4.78 is 0. The van der Waals surface area contributed by atoms with Crippen LogP contribution in [0.1, 0.15) is 37.6 Å². The van der Waals surface area contributed by atoms with Gasteiger partial charge in [0.25, 0.3) is 0 Å². The Labute approximate surface area is 156 Å². The van der Waals surface area contributed by atoms with E-state index in [1.165, 1.54) is 16.8 Å². The lowest BCUT2D eigenvalue weighted by molar-refractivity contribution is -0.137. The number of rotatable bonds is 5. The fourth-order valence-corrected chi connectivity index (χ4v) is 4.65. The van der Waals surface area contributed by atoms with Gasteiger partial charge >= 0.3 is 5.97 Å². The molecule has 0 radical (unpaired) electrons. The number of carboxylic acid groups (broad SMARTS) is 1. The first kappa shape index (κ1) is 18.6. The SMILES string of the molecule is CC(C)(C)C1CCc2c(sc3ncnc(NCC(=O)NCC(=O)O)c23)C1. The fraction of sp³-hybridized carbons (Fsp3) is 0.556. The number of amides is 1. The number of anilines is 1. The monoisotopic (exact) mass is 376 g/mol. The number of carbonyl (C=O) groups excluding carboxylic acids is 1. The first-order chi connectivity index (χ1) is 12.3. The quantitative estimate of drug-likeness (QED) is 0.740. The second-order valence-corrected chi connectivity index (χ2v) is 8.82. The number of hydrogen-bond donors (Lipinski definition) is 3. The van der Waals surface area contributed by atoms with Gasteiger partial charge in [-0.1, -0.05) is 20.8 Å². The summed E-state index contributed by atoms with van der Waals surface area (Å²) in [4.78, 5) is 33.3. The van der Waals surface area contributed by atoms with Crippen LogP contribution < -0.4 is 10.6 Å². The summed E-state index contributed by atoms with van der Waals surface area (Å²) in [6.07, 6.45) is 4.68. The second kappa shape index (κ2) is 7.19. The van der Waals surface area contributed by atoms with Gasteiger partial charge in [-0.2, -0.15) is 0 Å². The number of thiophene rings is 1. The molecule has 7 nitrogen and oxygen atoms in total. The van der Waals surface area contributed by atoms with Crippen molar-refractivity contribution in [2.75, 3.05) is 18.4 Å². The van der Waals surface area contributed by atoms with Gasteiger partial charge in [0.05, 0.1) is 11.9 Å². The molecule has 0 saturated heterocycles. The highest BCUT2D eigenvalue weighted by molar-refractivity contribution is 7.19. The van der Waals surface area contributed by atoms with E-state index in [0.29, 0.717) is 11.7 Å². The van der Waals surface area contributed by atoms with Crippen molar-refractivity contribution in [3.05, 3.63) is 16.8 Å². The standard InChI is InChI=1S/C18H24N4O3S/c1-18(2,3)10-4-5-11-12(6-10)26-17-15(11)16(21-9-22-17)20-7-13(23)19-8-14(24)25/h9-10H,4-8H2,1-3H3,(H,19,23)(H,24,25)(H,20,21,22). The zero-order valence-corrected chi connectivity index (χ0v) is 16.1. The number of carbonyl (C=O) groups is 2. The Morgan fingerprint density at radius 3 is 2.77 bits per heavy atom. The van der Waals surface area contributed by atoms with E-state index < -0.39 is 5.97 Å². The third-order valence-corrected chi connectivity index (χ3v) is 6.09. The van der Waals surface area contributed by atoms with E-state index >= 15 is 0 Å². The highest BCUT2D eigenvalue weighted by Gasteiger charge is 2.31. The minimum atomic E-state index is -1.07. The molecule has 140 valence electrons. The maximum absolute atomic E-state index is 11.8. The lowest BCUT2D eigenvalue weighted by atomic mass is 9.72. The molecule has 0 aliphatic heterocycles. The maximum Gasteiger partial charge on any atom is 0.322 e. The van der Waals surface area contributed by atoms with Crippen LogP contribution in [0, 0.1) is 11.3 Å². The molecule has 0 spiro atoms. The molecule has 1 unspecified atom stereocenters. The largest absolute Gasteiger partial charge is 0.480 e. The van der Waals surface area contributed by atoms with Gasteiger partial charge < -0.3 is 15.7 Å². The highest BCUT2D eigenvalue weighted by atomic mass is 32.1. The number of nitrogens with zero attached hydrogens (tertiary/aromatic N) is 2. The topological polar surface area (TPSA) is 104 Å². The van der Waals surface area contributed by atoms with Crippen molar-refractivity contribution in [2.45, 2.75) is 40.0 Å². The zero-order chi connectivity index (χ0) is 18.9. The van der Waals surface area contributed by atoms with Crippen molar-refractivity contribution < 1.29 is 14.7 Å². The molecular weight excluding hydrogens is 352 g/mol. The highest BCUT2D eigenvalue weighted by Crippen LogP contribution is 2.44. The van der Waals surface area contributed by atoms with Crippen LogP contribution in [0.4, 0.5) is 5.82 Å². The molecule has 3 rings (SSSR count). The second-order valence-electron chi connectivity index (χ2n) is 7.74. The molecule has 2 heterocycles. The van der Waals surface area contributed by atoms with E-state index in [1.807, 2.05) is 0 Å². The number of carboxylic acids is 1. The first-order valence-corrected chi connectivity index (χ1v) is 9.55. The average molecular weight is 376 g/mol. The molecule has 1 aliphatic carbocycles. The van der Waals surface area contributed by atoms with Crippen LogP contribution in [0.2, 0.25) is 0 Å². The minimum absolute atomic E-state index is 0.0192. The van der Waals surface area contributed by atoms with Gasteiger partial charge in [0.1, 0.15) is 23.5 Å². The Morgan fingerprint density at radius 2 is 2.08 bits per heavy atom. The molecule has 1 atom stereocenters. The van der Waals surface area contributed by atoms with Crippen molar-refractivity contribution >= 4 is 39.2 Å². The number of aliphatic carboxylic acids is 1. The van der Waals surface area contributed by atoms with Crippen LogP contribution in [0.25, 0.3) is 10.2 Å². The number of aryl methyl sites for hydroxylation is 1. The van der Waals surface area contributed by atoms with Gasteiger partial charge in [0.15, 0.2) is 0 Å². The molecule has 1 aliphatic rings. The summed E-state index contributed by atoms with van der Waals surface area (Å²) >= 11 is 1.71. The van der Waals surface area contributed by atoms with Gasteiger partial charge in [0, 0.05) is 4.88 Å². The molecule has 26 heavy (non-hydrogen) atoms. The molecule has 0 fully saturated rings. The summed E-state index contributed by atoms with van der Waals surface area (Å²) in [5.74, 6) is -0.152. The van der Waals surface area contributed by atoms with Crippen LogP contribution in [0.5, 0.6) is 0 Å². The molecule has 8 heteroatoms. The molecule has 2 aromatic rings. The predicted octanol–water partition coefficient (Wildman–Crippen LogP) is 2.46. The lowest BCUT2D eigenvalue weighted by Gasteiger charge is -2.33. The van der Waals surface area contributed by atoms with Crippen molar-refractivity contribution in [3.8, 4) is 0 Å². The van der Waals surface area contributed by atoms with Crippen LogP contribution in [-0.4, -0.2) is 40.0 Å². The number of aromatic nitrogens is 2. The van der Waals surface area contributed by atoms with Crippen molar-refractivity contribution in [3.63, 3.8) is 0 Å². The molecule has 1 amide bonds. The average Bonchev–Trinajstić information content (AvgIpc) is 2.95. The van der Waals surface area contributed by atoms with Gasteiger partial charge in [-0.25, -0.2) is 9.97 Å². The van der Waals surface area contributed by atoms with Crippen molar-refractivity contribution in [1.29, 1.82) is 0 Å². The predicted molar refractivity (Wildman–Crippen MR) is 102 cm³/mol. The van der Waals surface area contributed by atoms with Crippen LogP contribution in [0.15, 0.2) is 6.33 Å². The maximum atomic E-state index is 11.8. The smallest absolute Gasteiger partial charge is 0.322 e. The van der Waals surface area contributed by atoms with Gasteiger partial charge in [-0.05, 0) is 36.2 Å². The molecular formula is C18H24N4O3S. The van der Waals surface area contributed by atoms with Gasteiger partial charge in [0.2, 0.25) is 5.91 Å². The van der Waals surface area contributed by atoms with E-state index in [2.05, 4.69) is 41.4 Å². The Bertz CT molecular complexity index is 841. The number of fused-ring (bicyclic) bond motifs is 3. The normalized spacial score (nSPS) is 17.0. The third-order valence-electron chi connectivity index (χ3n) is 4.92. The van der Waals surface area contributed by atoms with Gasteiger partial charge in [-0.15, -0.1) is 11.3 Å². The third kappa shape index (κ3) is 3.95. The van der Waals surface area contributed by atoms with Gasteiger partial charge in [-0.3, -0.25) is 9.59 Å². The zero-order valence-electron chi connectivity index (χ0n) is 15.3. The summed E-state index contributed by atoms with van der Waals surface area (Å²) in [7, 11) is 0. The minimum Gasteiger partial charge on any atom is -0.480 e. The van der Waals surface area contributed by atoms with E-state index in [1.54, 1.807) is 11.3 Å². The molecule has 3 N–H and O–H groups in total. The van der Waals surface area contributed by atoms with E-state index in [-0.39, 0.29) is 24.4 Å². The van der Waals surface area contributed by atoms with Crippen LogP contribution >= 0.6 is 11.3 Å². The first-order valence-electron chi connectivity index (χ1n) is 8.73. The molecule has 0 bridgehead atoms. The lowest BCUT2D eigenvalue weighted by Crippen LogP contribution is -2.34. The van der Waals surface area contributed by atoms with Crippen LogP contribution in [0.3, 0.4) is 0 Å². The van der Waals surface area contributed by atoms with E-state index in [9.17, 15) is 9.59 Å². The van der Waals surface area contributed by atoms with Crippen LogP contribution in [-0.2, 0) is 22.4 Å². The molecule has 0 saturated carbocycles. The van der Waals surface area contributed by atoms with E-state index in [4.69, 9.17) is 5.11 Å². The number of nitrogens with one attached hydrogen (secondary N) is 2. The summed E-state index contributed by atoms with van der Waals surface area (Å²) in [6, 6.07) is 0. The Morgan fingerprint density at radius 1 is 1.31 bits per heavy atom. The summed E-state index contributed by atoms with van der Waals surface area (Å²) in [5.41, 5.74) is 1.57. The van der Waals surface area contributed by atoms with E-state index in [0.717, 1.165) is 29.5 Å². The molecule has 2 aromatic heterocycles. The Hall–Kier alpha value is -2.22. The fourth-order valence-electron chi connectivity index (χ4n) is 3.38. The van der Waals surface area contributed by atoms with Crippen molar-refractivity contribution in [2.24, 2.45) is 11.3 Å². The summed E-state index contributed by atoms with van der Waals surface area (Å²) in [5, 5.41) is 15.0. The Balaban J connectivity index is 1.80.